The van der Waals surface area contributed by atoms with Crippen LogP contribution in [0.5, 0.6) is 0 Å². The summed E-state index contributed by atoms with van der Waals surface area (Å²) < 4.78 is 17.5. The highest BCUT2D eigenvalue weighted by Gasteiger charge is 2.32. The van der Waals surface area contributed by atoms with Crippen LogP contribution in [0.4, 0.5) is 10.5 Å². The second-order valence-electron chi connectivity index (χ2n) is 8.43. The van der Waals surface area contributed by atoms with Gasteiger partial charge in [-0.1, -0.05) is 48.2 Å². The Kier molecular flexibility index (Phi) is 10.0. The molecule has 11 heteroatoms. The van der Waals surface area contributed by atoms with E-state index in [2.05, 4.69) is 20.6 Å². The quantitative estimate of drug-likeness (QED) is 0.199. The van der Waals surface area contributed by atoms with Crippen LogP contribution in [0.15, 0.2) is 72.1 Å². The van der Waals surface area contributed by atoms with Gasteiger partial charge < -0.3 is 30.0 Å². The van der Waals surface area contributed by atoms with Gasteiger partial charge in [-0.05, 0) is 36.2 Å². The predicted octanol–water partition coefficient (Wildman–Crippen LogP) is 3.99. The van der Waals surface area contributed by atoms with E-state index in [1.54, 1.807) is 37.5 Å². The highest BCUT2D eigenvalue weighted by atomic mass is 32.2. The van der Waals surface area contributed by atoms with Crippen LogP contribution in [-0.2, 0) is 25.6 Å². The molecule has 3 atom stereocenters. The number of anilines is 1. The Hall–Kier alpha value is -3.51. The minimum atomic E-state index is -0.625. The van der Waals surface area contributed by atoms with Crippen LogP contribution in [0.3, 0.4) is 0 Å². The molecule has 1 saturated heterocycles. The van der Waals surface area contributed by atoms with E-state index in [1.165, 1.54) is 11.8 Å². The number of ether oxygens (including phenoxy) is 3. The Morgan fingerprint density at radius 1 is 1.05 bits per heavy atom. The lowest BCUT2D eigenvalue weighted by Gasteiger charge is -2.36. The van der Waals surface area contributed by atoms with Crippen LogP contribution < -0.4 is 10.6 Å². The van der Waals surface area contributed by atoms with Crippen LogP contribution in [0.2, 0.25) is 0 Å². The third-order valence-corrected chi connectivity index (χ3v) is 6.70. The fourth-order valence-electron chi connectivity index (χ4n) is 3.81. The average molecular weight is 539 g/mol. The van der Waals surface area contributed by atoms with E-state index in [0.29, 0.717) is 23.0 Å². The second-order valence-corrected chi connectivity index (χ2v) is 9.41. The molecule has 1 aliphatic rings. The molecule has 2 amide bonds. The first-order chi connectivity index (χ1) is 18.5. The molecule has 0 bridgehead atoms. The largest absolute Gasteiger partial charge is 0.465 e. The first-order valence-electron chi connectivity index (χ1n) is 12.2. The van der Waals surface area contributed by atoms with Gasteiger partial charge >= 0.3 is 12.0 Å². The summed E-state index contributed by atoms with van der Waals surface area (Å²) in [4.78, 5) is 32.1. The molecule has 0 saturated carbocycles. The van der Waals surface area contributed by atoms with Gasteiger partial charge in [0.2, 0.25) is 0 Å². The molecule has 3 aromatic rings. The smallest absolute Gasteiger partial charge is 0.325 e. The SMILES string of the molecule is CCOC(=O)CNC(=O)Nc1ccc(C2OC(CSc3ncccn3)CC(c3ccc(CO)cc3)O2)cc1. The van der Waals surface area contributed by atoms with Crippen molar-refractivity contribution in [1.29, 1.82) is 0 Å². The zero-order valence-corrected chi connectivity index (χ0v) is 21.7. The molecular weight excluding hydrogens is 508 g/mol. The molecule has 2 heterocycles. The number of hydrogen-bond donors (Lipinski definition) is 3. The van der Waals surface area contributed by atoms with Crippen LogP contribution >= 0.6 is 11.8 Å². The minimum absolute atomic E-state index is 0.0187. The van der Waals surface area contributed by atoms with Crippen molar-refractivity contribution in [3.05, 3.63) is 83.7 Å². The highest BCUT2D eigenvalue weighted by Crippen LogP contribution is 2.39. The number of aliphatic hydroxyl groups excluding tert-OH is 1. The second kappa shape index (κ2) is 13.9. The molecule has 1 fully saturated rings. The summed E-state index contributed by atoms with van der Waals surface area (Å²) in [6.07, 6.45) is 3.10. The number of thioether (sulfide) groups is 1. The van der Waals surface area contributed by atoms with E-state index in [1.807, 2.05) is 36.4 Å². The maximum absolute atomic E-state index is 12.1. The molecule has 1 aromatic heterocycles. The van der Waals surface area contributed by atoms with Crippen molar-refractivity contribution in [2.75, 3.05) is 24.2 Å². The molecule has 4 rings (SSSR count). The summed E-state index contributed by atoms with van der Waals surface area (Å²) in [5.41, 5.74) is 3.18. The highest BCUT2D eigenvalue weighted by molar-refractivity contribution is 7.99. The van der Waals surface area contributed by atoms with Gasteiger partial charge in [0.1, 0.15) is 6.54 Å². The summed E-state index contributed by atoms with van der Waals surface area (Å²) in [5.74, 6) is 0.145. The number of benzene rings is 2. The lowest BCUT2D eigenvalue weighted by molar-refractivity contribution is -0.245. The van der Waals surface area contributed by atoms with Crippen molar-refractivity contribution in [2.24, 2.45) is 0 Å². The summed E-state index contributed by atoms with van der Waals surface area (Å²) in [6.45, 7) is 1.72. The molecule has 3 unspecified atom stereocenters. The fraction of sp³-hybridized carbons (Fsp3) is 0.333. The number of carbonyl (C=O) groups is 2. The first kappa shape index (κ1) is 27.5. The van der Waals surface area contributed by atoms with E-state index in [9.17, 15) is 14.7 Å². The average Bonchev–Trinajstić information content (AvgIpc) is 2.96. The zero-order chi connectivity index (χ0) is 26.7. The number of urea groups is 1. The maximum Gasteiger partial charge on any atom is 0.325 e. The molecule has 0 aliphatic carbocycles. The number of nitrogens with one attached hydrogen (secondary N) is 2. The Bertz CT molecular complexity index is 1180. The summed E-state index contributed by atoms with van der Waals surface area (Å²) in [7, 11) is 0. The maximum atomic E-state index is 12.1. The van der Waals surface area contributed by atoms with E-state index >= 15 is 0 Å². The third kappa shape index (κ3) is 7.99. The van der Waals surface area contributed by atoms with Gasteiger partial charge in [0, 0.05) is 35.8 Å². The summed E-state index contributed by atoms with van der Waals surface area (Å²) in [6, 6.07) is 16.1. The third-order valence-electron chi connectivity index (χ3n) is 5.69. The van der Waals surface area contributed by atoms with E-state index in [-0.39, 0.29) is 32.0 Å². The molecule has 0 radical (unpaired) electrons. The van der Waals surface area contributed by atoms with Crippen LogP contribution in [-0.4, -0.2) is 52.1 Å². The number of carbonyl (C=O) groups excluding carboxylic acids is 2. The van der Waals surface area contributed by atoms with Gasteiger partial charge in [-0.25, -0.2) is 14.8 Å². The van der Waals surface area contributed by atoms with Crippen LogP contribution in [0.1, 0.15) is 42.4 Å². The topological polar surface area (TPSA) is 132 Å². The van der Waals surface area contributed by atoms with Gasteiger partial charge in [-0.2, -0.15) is 0 Å². The molecule has 3 N–H and O–H groups in total. The van der Waals surface area contributed by atoms with Crippen molar-refractivity contribution in [1.82, 2.24) is 15.3 Å². The van der Waals surface area contributed by atoms with Crippen molar-refractivity contribution < 1.29 is 28.9 Å². The molecule has 0 spiro atoms. The van der Waals surface area contributed by atoms with Crippen molar-refractivity contribution in [3.8, 4) is 0 Å². The number of hydrogen-bond acceptors (Lipinski definition) is 9. The predicted molar refractivity (Wildman–Crippen MR) is 141 cm³/mol. The zero-order valence-electron chi connectivity index (χ0n) is 20.9. The number of aromatic nitrogens is 2. The fourth-order valence-corrected chi connectivity index (χ4v) is 4.63. The van der Waals surface area contributed by atoms with Gasteiger partial charge in [-0.15, -0.1) is 0 Å². The summed E-state index contributed by atoms with van der Waals surface area (Å²) >= 11 is 1.52. The standard InChI is InChI=1S/C27H30N4O6S/c1-2-35-24(33)15-30-26(34)31-21-10-8-20(9-11-21)25-36-22(17-38-27-28-12-3-13-29-27)14-23(37-25)19-6-4-18(16-32)5-7-19/h3-13,22-23,25,32H,2,14-17H2,1H3,(H2,30,31,34). The molecule has 200 valence electrons. The Morgan fingerprint density at radius 2 is 1.76 bits per heavy atom. The van der Waals surface area contributed by atoms with Gasteiger partial charge in [0.15, 0.2) is 11.4 Å². The number of amides is 2. The Morgan fingerprint density at radius 3 is 2.45 bits per heavy atom. The van der Waals surface area contributed by atoms with E-state index in [0.717, 1.165) is 16.7 Å². The van der Waals surface area contributed by atoms with E-state index < -0.39 is 18.3 Å². The minimum Gasteiger partial charge on any atom is -0.465 e. The van der Waals surface area contributed by atoms with Crippen molar-refractivity contribution in [2.45, 2.75) is 43.6 Å². The van der Waals surface area contributed by atoms with Crippen LogP contribution in [0, 0.1) is 0 Å². The molecular formula is C27H30N4O6S. The lowest BCUT2D eigenvalue weighted by Crippen LogP contribution is -2.34. The number of rotatable bonds is 10. The van der Waals surface area contributed by atoms with Crippen molar-refractivity contribution in [3.63, 3.8) is 0 Å². The number of esters is 1. The normalized spacial score (nSPS) is 18.9. The van der Waals surface area contributed by atoms with Gasteiger partial charge in [0.05, 0.1) is 25.4 Å². The van der Waals surface area contributed by atoms with Gasteiger partial charge in [-0.3, -0.25) is 4.79 Å². The van der Waals surface area contributed by atoms with Gasteiger partial charge in [0.25, 0.3) is 0 Å². The molecule has 10 nitrogen and oxygen atoms in total. The molecule has 1 aliphatic heterocycles. The number of aliphatic hydroxyl groups is 1. The first-order valence-corrected chi connectivity index (χ1v) is 13.2. The van der Waals surface area contributed by atoms with Crippen molar-refractivity contribution >= 4 is 29.4 Å². The Labute approximate surface area is 225 Å². The molecule has 38 heavy (non-hydrogen) atoms. The summed E-state index contributed by atoms with van der Waals surface area (Å²) in [5, 5.41) is 15.2. The lowest BCUT2D eigenvalue weighted by atomic mass is 10.0. The van der Waals surface area contributed by atoms with Crippen LogP contribution in [0.25, 0.3) is 0 Å². The monoisotopic (exact) mass is 538 g/mol. The van der Waals surface area contributed by atoms with E-state index in [4.69, 9.17) is 14.2 Å². The molecule has 2 aromatic carbocycles. The Balaban J connectivity index is 1.42. The number of nitrogens with zero attached hydrogens (tertiary/aromatic N) is 2.